The van der Waals surface area contributed by atoms with Crippen LogP contribution < -0.4 is 0 Å². The maximum absolute atomic E-state index is 10.3. The summed E-state index contributed by atoms with van der Waals surface area (Å²) in [6.45, 7) is 0. The summed E-state index contributed by atoms with van der Waals surface area (Å²) >= 11 is 0. The van der Waals surface area contributed by atoms with Crippen LogP contribution in [0.1, 0.15) is 2.85 Å². The van der Waals surface area contributed by atoms with E-state index in [1.165, 1.54) is 0 Å². The van der Waals surface area contributed by atoms with Gasteiger partial charge in [0.05, 0.1) is 0 Å². The first-order valence-corrected chi connectivity index (χ1v) is 5.13. The fourth-order valence-electron chi connectivity index (χ4n) is 0. The van der Waals surface area contributed by atoms with E-state index in [2.05, 4.69) is 4.63 Å². The first-order valence-electron chi connectivity index (χ1n) is 1.81. The summed E-state index contributed by atoms with van der Waals surface area (Å²) in [5, 5.41) is 0. The molecule has 6 N–H and O–H groups in total. The van der Waals surface area contributed by atoms with E-state index in [1.54, 1.807) is 0 Å². The Bertz CT molecular complexity index is 137. The van der Waals surface area contributed by atoms with Crippen LogP contribution in [0.15, 0.2) is 0 Å². The first kappa shape index (κ1) is 19.0. The predicted octanol–water partition coefficient (Wildman–Crippen LogP) is -2.78. The van der Waals surface area contributed by atoms with Crippen LogP contribution in [-0.2, 0) is 9.20 Å². The molecule has 0 saturated heterocycles. The molecule has 0 atom stereocenters. The topological polar surface area (TPSA) is 148 Å². The third-order valence-electron chi connectivity index (χ3n) is 0.104. The average molecular weight is 254 g/mol. The second-order valence-electron chi connectivity index (χ2n) is 1.16. The standard InChI is InChI=1S/Ca.FH3O4Si.H3O4P.2H/c;1-5-6(2,3)4;1-5(2,3)4;;/h;2-4H;(H3,1,2,3,4);;/q+2;;;2*-1. The van der Waals surface area contributed by atoms with Crippen LogP contribution in [0.3, 0.4) is 0 Å². The van der Waals surface area contributed by atoms with Crippen molar-refractivity contribution in [3.8, 4) is 0 Å². The van der Waals surface area contributed by atoms with E-state index in [9.17, 15) is 4.53 Å². The summed E-state index contributed by atoms with van der Waals surface area (Å²) in [7, 11) is -9.44. The number of rotatable bonds is 1. The van der Waals surface area contributed by atoms with Crippen LogP contribution in [-0.4, -0.2) is 75.9 Å². The third kappa shape index (κ3) is 64.2. The van der Waals surface area contributed by atoms with Crippen molar-refractivity contribution in [2.24, 2.45) is 0 Å². The van der Waals surface area contributed by atoms with Gasteiger partial charge in [0.25, 0.3) is 0 Å². The van der Waals surface area contributed by atoms with Crippen LogP contribution in [0, 0.1) is 0 Å². The van der Waals surface area contributed by atoms with Gasteiger partial charge in [-0.15, -0.1) is 0 Å². The SMILES string of the molecule is O=P(O)(O)O.O[Si](O)(O)OF.[Ca+2].[H-].[H-]. The number of hydrogen-bond acceptors (Lipinski definition) is 5. The minimum absolute atomic E-state index is 0. The zero-order chi connectivity index (χ0) is 9.71. The molecule has 0 fully saturated rings. The van der Waals surface area contributed by atoms with E-state index in [4.69, 9.17) is 33.6 Å². The smallest absolute Gasteiger partial charge is 1.00 e. The molecule has 12 heavy (non-hydrogen) atoms. The molecule has 0 aliphatic carbocycles. The van der Waals surface area contributed by atoms with Gasteiger partial charge in [-0.3, -0.25) is 0 Å². The summed E-state index contributed by atoms with van der Waals surface area (Å²) in [4.78, 5) is 44.0. The first-order chi connectivity index (χ1) is 4.56. The molecule has 8 nitrogen and oxygen atoms in total. The second kappa shape index (κ2) is 7.73. The van der Waals surface area contributed by atoms with Crippen molar-refractivity contribution in [2.75, 3.05) is 0 Å². The van der Waals surface area contributed by atoms with Crippen LogP contribution in [0.4, 0.5) is 4.53 Å². The maximum atomic E-state index is 10.3. The van der Waals surface area contributed by atoms with Gasteiger partial charge in [-0.05, 0) is 0 Å². The van der Waals surface area contributed by atoms with Gasteiger partial charge in [0, 0.05) is 0 Å². The monoisotopic (exact) mass is 254 g/mol. The summed E-state index contributed by atoms with van der Waals surface area (Å²) in [5.41, 5.74) is 0. The van der Waals surface area contributed by atoms with Crippen molar-refractivity contribution >= 4 is 54.6 Å². The van der Waals surface area contributed by atoms with E-state index >= 15 is 0 Å². The van der Waals surface area contributed by atoms with E-state index in [1.807, 2.05) is 0 Å². The number of hydrogen-bond donors (Lipinski definition) is 6. The molecule has 0 aliphatic heterocycles. The summed E-state index contributed by atoms with van der Waals surface area (Å²) < 4.78 is 21.4. The number of halogens is 1. The predicted molar refractivity (Wildman–Crippen MR) is 36.8 cm³/mol. The Kier molecular flexibility index (Phi) is 12.3. The maximum Gasteiger partial charge on any atom is 2.00 e. The minimum atomic E-state index is -4.80. The quantitative estimate of drug-likeness (QED) is 0.217. The van der Waals surface area contributed by atoms with Crippen LogP contribution in [0.5, 0.6) is 0 Å². The summed E-state index contributed by atoms with van der Waals surface area (Å²) in [6.07, 6.45) is 0. The van der Waals surface area contributed by atoms with Gasteiger partial charge in [-0.2, -0.15) is 4.63 Å². The van der Waals surface area contributed by atoms with Gasteiger partial charge < -0.3 is 31.9 Å². The van der Waals surface area contributed by atoms with Gasteiger partial charge in [0.15, 0.2) is 0 Å². The molecule has 0 aliphatic rings. The molecular weight excluding hydrogens is 246 g/mol. The van der Waals surface area contributed by atoms with E-state index in [-0.39, 0.29) is 40.6 Å². The molecule has 0 amide bonds. The molecule has 0 rings (SSSR count). The Balaban J connectivity index is -0.0000000321. The fourth-order valence-corrected chi connectivity index (χ4v) is 0. The minimum Gasteiger partial charge on any atom is -1.00 e. The number of phosphoric acid groups is 1. The fraction of sp³-hybridized carbons (Fsp3) is 0. The molecule has 0 saturated carbocycles. The van der Waals surface area contributed by atoms with Gasteiger partial charge in [0.2, 0.25) is 0 Å². The van der Waals surface area contributed by atoms with Crippen molar-refractivity contribution in [2.45, 2.75) is 0 Å². The second-order valence-corrected chi connectivity index (χ2v) is 3.49. The van der Waals surface area contributed by atoms with Crippen molar-refractivity contribution in [3.05, 3.63) is 0 Å². The Morgan fingerprint density at radius 2 is 1.33 bits per heavy atom. The Labute approximate surface area is 99.8 Å². The Morgan fingerprint density at radius 3 is 1.33 bits per heavy atom. The molecule has 12 heteroatoms. The summed E-state index contributed by atoms with van der Waals surface area (Å²) in [5.74, 6) is 0. The zero-order valence-electron chi connectivity index (χ0n) is 7.53. The molecular formula is H8CaFO8PSi. The molecule has 0 bridgehead atoms. The molecule has 0 aromatic carbocycles. The van der Waals surface area contributed by atoms with Crippen LogP contribution in [0.25, 0.3) is 0 Å². The zero-order valence-corrected chi connectivity index (χ0v) is 9.63. The largest absolute Gasteiger partial charge is 2.00 e. The molecule has 0 unspecified atom stereocenters. The molecule has 0 radical (unpaired) electrons. The van der Waals surface area contributed by atoms with Crippen molar-refractivity contribution in [1.29, 1.82) is 0 Å². The van der Waals surface area contributed by atoms with E-state index < -0.39 is 16.9 Å². The Morgan fingerprint density at radius 1 is 1.25 bits per heavy atom. The normalized spacial score (nSPS) is 10.9. The van der Waals surface area contributed by atoms with Crippen molar-refractivity contribution in [3.63, 3.8) is 0 Å². The van der Waals surface area contributed by atoms with Crippen molar-refractivity contribution < 1.29 is 45.6 Å². The molecule has 0 aromatic heterocycles. The summed E-state index contributed by atoms with van der Waals surface area (Å²) in [6, 6.07) is 0. The van der Waals surface area contributed by atoms with Gasteiger partial charge in [-0.1, -0.05) is 4.53 Å². The molecule has 0 spiro atoms. The molecule has 74 valence electrons. The van der Waals surface area contributed by atoms with Crippen LogP contribution >= 0.6 is 7.82 Å². The Hall–Kier alpha value is 1.36. The van der Waals surface area contributed by atoms with Crippen LogP contribution in [0.2, 0.25) is 0 Å². The third-order valence-corrected chi connectivity index (χ3v) is 0.311. The van der Waals surface area contributed by atoms with E-state index in [0.717, 1.165) is 0 Å². The van der Waals surface area contributed by atoms with Gasteiger partial charge >= 0.3 is 54.6 Å². The average Bonchev–Trinajstić information content (AvgIpc) is 1.59. The van der Waals surface area contributed by atoms with Gasteiger partial charge in [0.1, 0.15) is 0 Å². The van der Waals surface area contributed by atoms with E-state index in [0.29, 0.717) is 0 Å². The molecule has 0 heterocycles. The molecule has 0 aromatic rings. The van der Waals surface area contributed by atoms with Crippen molar-refractivity contribution in [1.82, 2.24) is 0 Å². The van der Waals surface area contributed by atoms with Gasteiger partial charge in [-0.25, -0.2) is 4.57 Å².